The Balaban J connectivity index is 1.93. The summed E-state index contributed by atoms with van der Waals surface area (Å²) >= 11 is 0. The number of amides is 2. The van der Waals surface area contributed by atoms with Crippen molar-refractivity contribution in [1.82, 2.24) is 10.2 Å². The molecule has 0 bridgehead atoms. The van der Waals surface area contributed by atoms with Gasteiger partial charge in [-0.3, -0.25) is 9.59 Å². The third-order valence-electron chi connectivity index (χ3n) is 6.43. The van der Waals surface area contributed by atoms with E-state index in [2.05, 4.69) is 19.2 Å². The first-order valence-electron chi connectivity index (χ1n) is 12.9. The minimum absolute atomic E-state index is 0.0392. The minimum Gasteiger partial charge on any atom is -0.483 e. The number of hydrogen-bond acceptors (Lipinski definition) is 3. The molecule has 2 amide bonds. The van der Waals surface area contributed by atoms with E-state index < -0.39 is 6.04 Å². The Morgan fingerprint density at radius 3 is 2.19 bits per heavy atom. The number of ether oxygens (including phenoxy) is 1. The van der Waals surface area contributed by atoms with Crippen LogP contribution in [0.3, 0.4) is 0 Å². The molecule has 3 aromatic rings. The molecule has 6 heteroatoms. The Morgan fingerprint density at radius 2 is 1.54 bits per heavy atom. The lowest BCUT2D eigenvalue weighted by molar-refractivity contribution is -0.143. The Hall–Kier alpha value is -3.67. The molecule has 0 heterocycles. The van der Waals surface area contributed by atoms with Crippen molar-refractivity contribution in [2.24, 2.45) is 0 Å². The summed E-state index contributed by atoms with van der Waals surface area (Å²) in [5.41, 5.74) is 2.68. The van der Waals surface area contributed by atoms with Crippen LogP contribution in [0.25, 0.3) is 0 Å². The van der Waals surface area contributed by atoms with Crippen LogP contribution >= 0.6 is 0 Å². The van der Waals surface area contributed by atoms with E-state index >= 15 is 0 Å². The fourth-order valence-electron chi connectivity index (χ4n) is 4.09. The zero-order valence-corrected chi connectivity index (χ0v) is 22.1. The van der Waals surface area contributed by atoms with Gasteiger partial charge in [0.05, 0.1) is 0 Å². The van der Waals surface area contributed by atoms with Crippen LogP contribution in [0.4, 0.5) is 4.39 Å². The molecule has 0 saturated carbocycles. The molecule has 0 aliphatic heterocycles. The fraction of sp³-hybridized carbons (Fsp3) is 0.355. The lowest BCUT2D eigenvalue weighted by atomic mass is 10.0. The van der Waals surface area contributed by atoms with Crippen LogP contribution in [0.2, 0.25) is 0 Å². The zero-order valence-electron chi connectivity index (χ0n) is 22.1. The van der Waals surface area contributed by atoms with Gasteiger partial charge in [-0.15, -0.1) is 0 Å². The Morgan fingerprint density at radius 1 is 0.892 bits per heavy atom. The third-order valence-corrected chi connectivity index (χ3v) is 6.43. The Kier molecular flexibility index (Phi) is 10.2. The second-order valence-corrected chi connectivity index (χ2v) is 9.65. The van der Waals surface area contributed by atoms with Gasteiger partial charge in [0.1, 0.15) is 17.6 Å². The predicted octanol–water partition coefficient (Wildman–Crippen LogP) is 5.88. The van der Waals surface area contributed by atoms with Crippen molar-refractivity contribution in [2.45, 2.75) is 65.1 Å². The van der Waals surface area contributed by atoms with Gasteiger partial charge in [0, 0.05) is 19.0 Å². The molecule has 0 aromatic heterocycles. The lowest BCUT2D eigenvalue weighted by Gasteiger charge is -2.32. The highest BCUT2D eigenvalue weighted by Crippen LogP contribution is 2.26. The van der Waals surface area contributed by atoms with Gasteiger partial charge in [0.15, 0.2) is 6.61 Å². The normalized spacial score (nSPS) is 12.6. The summed E-state index contributed by atoms with van der Waals surface area (Å²) in [5, 5.41) is 3.04. The average Bonchev–Trinajstić information content (AvgIpc) is 2.90. The van der Waals surface area contributed by atoms with Gasteiger partial charge in [-0.1, -0.05) is 81.4 Å². The van der Waals surface area contributed by atoms with Crippen molar-refractivity contribution in [3.63, 3.8) is 0 Å². The first-order chi connectivity index (χ1) is 17.8. The molecule has 3 rings (SSSR count). The summed E-state index contributed by atoms with van der Waals surface area (Å²) in [6.45, 7) is 8.01. The molecular formula is C31H37FN2O3. The number of para-hydroxylation sites is 1. The van der Waals surface area contributed by atoms with Gasteiger partial charge in [-0.05, 0) is 54.2 Å². The molecule has 3 aromatic carbocycles. The number of halogens is 1. The minimum atomic E-state index is -0.766. The topological polar surface area (TPSA) is 58.6 Å². The molecule has 0 saturated heterocycles. The van der Waals surface area contributed by atoms with Gasteiger partial charge >= 0.3 is 0 Å². The monoisotopic (exact) mass is 504 g/mol. The first kappa shape index (κ1) is 27.9. The van der Waals surface area contributed by atoms with E-state index in [9.17, 15) is 14.0 Å². The third kappa shape index (κ3) is 8.17. The molecule has 1 N–H and O–H groups in total. The van der Waals surface area contributed by atoms with Gasteiger partial charge in [-0.25, -0.2) is 4.39 Å². The van der Waals surface area contributed by atoms with E-state index in [4.69, 9.17) is 4.74 Å². The number of benzene rings is 3. The predicted molar refractivity (Wildman–Crippen MR) is 145 cm³/mol. The van der Waals surface area contributed by atoms with E-state index in [0.717, 1.165) is 23.1 Å². The van der Waals surface area contributed by atoms with E-state index in [1.54, 1.807) is 17.0 Å². The van der Waals surface area contributed by atoms with Crippen molar-refractivity contribution in [3.8, 4) is 5.75 Å². The van der Waals surface area contributed by atoms with E-state index in [1.807, 2.05) is 68.4 Å². The quantitative estimate of drug-likeness (QED) is 0.335. The highest BCUT2D eigenvalue weighted by atomic mass is 19.1. The smallest absolute Gasteiger partial charge is 0.261 e. The SMILES string of the molecule is CC[C@@H](C)NC(=O)[C@H](Cc1ccccc1)N(Cc1ccc(F)cc1)C(=O)COc1ccccc1C(C)C. The fourth-order valence-corrected chi connectivity index (χ4v) is 4.09. The molecule has 37 heavy (non-hydrogen) atoms. The van der Waals surface area contributed by atoms with Crippen molar-refractivity contribution in [1.29, 1.82) is 0 Å². The van der Waals surface area contributed by atoms with Crippen LogP contribution in [0.5, 0.6) is 5.75 Å². The summed E-state index contributed by atoms with van der Waals surface area (Å²) in [7, 11) is 0. The van der Waals surface area contributed by atoms with Crippen LogP contribution in [-0.4, -0.2) is 35.4 Å². The molecule has 196 valence electrons. The maximum absolute atomic E-state index is 13.7. The summed E-state index contributed by atoms with van der Waals surface area (Å²) in [4.78, 5) is 28.8. The van der Waals surface area contributed by atoms with Crippen LogP contribution in [-0.2, 0) is 22.6 Å². The standard InChI is InChI=1S/C31H37FN2O3/c1-5-23(4)33-31(36)28(19-24-11-7-6-8-12-24)34(20-25-15-17-26(32)18-16-25)30(35)21-37-29-14-10-9-13-27(29)22(2)3/h6-18,22-23,28H,5,19-21H2,1-4H3,(H,33,36)/t23-,28+/m1/s1. The Bertz CT molecular complexity index is 1150. The number of nitrogens with zero attached hydrogens (tertiary/aromatic N) is 1. The molecule has 0 fully saturated rings. The second-order valence-electron chi connectivity index (χ2n) is 9.65. The average molecular weight is 505 g/mol. The number of rotatable bonds is 12. The van der Waals surface area contributed by atoms with Crippen LogP contribution < -0.4 is 10.1 Å². The number of hydrogen-bond donors (Lipinski definition) is 1. The van der Waals surface area contributed by atoms with Crippen molar-refractivity contribution >= 4 is 11.8 Å². The summed E-state index contributed by atoms with van der Waals surface area (Å²) in [6.07, 6.45) is 1.11. The molecule has 0 radical (unpaired) electrons. The van der Waals surface area contributed by atoms with E-state index in [-0.39, 0.29) is 42.7 Å². The number of carbonyl (C=O) groups excluding carboxylic acids is 2. The molecule has 2 atom stereocenters. The largest absolute Gasteiger partial charge is 0.483 e. The molecule has 0 spiro atoms. The van der Waals surface area contributed by atoms with Crippen molar-refractivity contribution in [2.75, 3.05) is 6.61 Å². The van der Waals surface area contributed by atoms with Crippen LogP contribution in [0.1, 0.15) is 56.7 Å². The molecule has 0 aliphatic carbocycles. The molecule has 0 unspecified atom stereocenters. The van der Waals surface area contributed by atoms with E-state index in [0.29, 0.717) is 12.2 Å². The van der Waals surface area contributed by atoms with Gasteiger partial charge in [0.25, 0.3) is 5.91 Å². The maximum atomic E-state index is 13.7. The highest BCUT2D eigenvalue weighted by molar-refractivity contribution is 5.88. The number of carbonyl (C=O) groups is 2. The molecule has 5 nitrogen and oxygen atoms in total. The Labute approximate surface area is 219 Å². The number of nitrogens with one attached hydrogen (secondary N) is 1. The highest BCUT2D eigenvalue weighted by Gasteiger charge is 2.31. The van der Waals surface area contributed by atoms with Gasteiger partial charge < -0.3 is 15.0 Å². The lowest BCUT2D eigenvalue weighted by Crippen LogP contribution is -2.53. The van der Waals surface area contributed by atoms with Crippen LogP contribution in [0, 0.1) is 5.82 Å². The summed E-state index contributed by atoms with van der Waals surface area (Å²) in [6, 6.07) is 22.5. The van der Waals surface area contributed by atoms with E-state index in [1.165, 1.54) is 12.1 Å². The molecular weight excluding hydrogens is 467 g/mol. The van der Waals surface area contributed by atoms with Gasteiger partial charge in [-0.2, -0.15) is 0 Å². The molecule has 0 aliphatic rings. The second kappa shape index (κ2) is 13.6. The van der Waals surface area contributed by atoms with Crippen molar-refractivity contribution < 1.29 is 18.7 Å². The summed E-state index contributed by atoms with van der Waals surface area (Å²) < 4.78 is 19.6. The van der Waals surface area contributed by atoms with Gasteiger partial charge in [0.2, 0.25) is 5.91 Å². The van der Waals surface area contributed by atoms with Crippen LogP contribution in [0.15, 0.2) is 78.9 Å². The zero-order chi connectivity index (χ0) is 26.8. The van der Waals surface area contributed by atoms with Crippen molar-refractivity contribution in [3.05, 3.63) is 101 Å². The maximum Gasteiger partial charge on any atom is 0.261 e. The summed E-state index contributed by atoms with van der Waals surface area (Å²) in [5.74, 6) is -0.0185. The first-order valence-corrected chi connectivity index (χ1v) is 12.9.